The number of hydrogen-bond donors (Lipinski definition) is 3. The Morgan fingerprint density at radius 3 is 2.68 bits per heavy atom. The lowest BCUT2D eigenvalue weighted by molar-refractivity contribution is -0.190. The van der Waals surface area contributed by atoms with Crippen LogP contribution in [0.4, 0.5) is 0 Å². The number of carbonyl (C=O) groups excluding carboxylic acids is 1. The summed E-state index contributed by atoms with van der Waals surface area (Å²) in [5, 5.41) is 30.0. The van der Waals surface area contributed by atoms with E-state index in [0.29, 0.717) is 29.2 Å². The van der Waals surface area contributed by atoms with Gasteiger partial charge in [0.1, 0.15) is 6.61 Å². The van der Waals surface area contributed by atoms with Crippen molar-refractivity contribution in [2.24, 2.45) is 34.5 Å². The smallest absolute Gasteiger partial charge is 0.184 e. The zero-order chi connectivity index (χ0) is 17.8. The van der Waals surface area contributed by atoms with Crippen molar-refractivity contribution < 1.29 is 20.1 Å². The van der Waals surface area contributed by atoms with E-state index >= 15 is 0 Å². The molecule has 4 nitrogen and oxygen atoms in total. The average Bonchev–Trinajstić information content (AvgIpc) is 3.01. The molecule has 0 aromatic carbocycles. The molecule has 0 bridgehead atoms. The zero-order valence-electron chi connectivity index (χ0n) is 15.3. The first kappa shape index (κ1) is 17.7. The molecule has 6 atom stereocenters. The molecule has 0 amide bonds. The van der Waals surface area contributed by atoms with Gasteiger partial charge in [0.2, 0.25) is 0 Å². The van der Waals surface area contributed by atoms with E-state index in [1.165, 1.54) is 32.1 Å². The summed E-state index contributed by atoms with van der Waals surface area (Å²) in [5.41, 5.74) is 0.0282. The summed E-state index contributed by atoms with van der Waals surface area (Å²) in [6.45, 7) is 1.94. The van der Waals surface area contributed by atoms with Gasteiger partial charge in [-0.3, -0.25) is 4.79 Å². The molecule has 4 heteroatoms. The number of ketones is 1. The molecule has 4 aliphatic carbocycles. The number of aliphatic hydroxyl groups is 3. The first-order valence-corrected chi connectivity index (χ1v) is 10.2. The zero-order valence-corrected chi connectivity index (χ0v) is 15.3. The van der Waals surface area contributed by atoms with Gasteiger partial charge in [0.05, 0.1) is 5.41 Å². The van der Waals surface area contributed by atoms with Crippen molar-refractivity contribution in [2.45, 2.75) is 71.0 Å². The standard InChI is InChI=1S/C21H32O4/c1-20-10-3-2-4-13(20)5-6-14-15(20)9-11-21(19(24)25)16(14)7-8-17(21)18(23)12-22/h8,13-16,19,22,24-25H,2-7,9-12H2,1H3/t13?,14-,15+,16+,20+,21-/m1/s1. The maximum absolute atomic E-state index is 12.3. The van der Waals surface area contributed by atoms with Gasteiger partial charge in [0.15, 0.2) is 12.1 Å². The molecule has 25 heavy (non-hydrogen) atoms. The number of allylic oxidation sites excluding steroid dienone is 1. The van der Waals surface area contributed by atoms with E-state index in [9.17, 15) is 20.1 Å². The van der Waals surface area contributed by atoms with Gasteiger partial charge in [0.25, 0.3) is 0 Å². The van der Waals surface area contributed by atoms with Gasteiger partial charge >= 0.3 is 0 Å². The molecule has 1 unspecified atom stereocenters. The summed E-state index contributed by atoms with van der Waals surface area (Å²) < 4.78 is 0. The van der Waals surface area contributed by atoms with Crippen molar-refractivity contribution in [3.05, 3.63) is 11.6 Å². The van der Waals surface area contributed by atoms with Gasteiger partial charge in [-0.25, -0.2) is 0 Å². The number of aliphatic hydroxyl groups excluding tert-OH is 2. The minimum Gasteiger partial charge on any atom is -0.388 e. The molecule has 0 spiro atoms. The second kappa shape index (κ2) is 6.17. The molecule has 0 aromatic rings. The van der Waals surface area contributed by atoms with E-state index < -0.39 is 18.3 Å². The van der Waals surface area contributed by atoms with E-state index in [0.717, 1.165) is 25.2 Å². The van der Waals surface area contributed by atoms with Gasteiger partial charge in [-0.1, -0.05) is 25.8 Å². The first-order valence-electron chi connectivity index (χ1n) is 10.2. The third-order valence-corrected chi connectivity index (χ3v) is 8.69. The van der Waals surface area contributed by atoms with E-state index in [1.54, 1.807) is 0 Å². The maximum atomic E-state index is 12.3. The van der Waals surface area contributed by atoms with Gasteiger partial charge in [-0.05, 0) is 74.0 Å². The normalized spacial score (nSPS) is 46.2. The van der Waals surface area contributed by atoms with Gasteiger partial charge < -0.3 is 15.3 Å². The van der Waals surface area contributed by atoms with Crippen LogP contribution in [0.25, 0.3) is 0 Å². The van der Waals surface area contributed by atoms with Crippen molar-refractivity contribution in [1.82, 2.24) is 0 Å². The van der Waals surface area contributed by atoms with E-state index in [1.807, 2.05) is 6.08 Å². The number of rotatable bonds is 3. The minimum absolute atomic E-state index is 0.136. The van der Waals surface area contributed by atoms with Crippen molar-refractivity contribution in [2.75, 3.05) is 6.61 Å². The maximum Gasteiger partial charge on any atom is 0.184 e. The highest BCUT2D eigenvalue weighted by molar-refractivity contribution is 5.98. The van der Waals surface area contributed by atoms with Crippen LogP contribution in [0.3, 0.4) is 0 Å². The summed E-state index contributed by atoms with van der Waals surface area (Å²) in [6, 6.07) is 0. The summed E-state index contributed by atoms with van der Waals surface area (Å²) in [5.74, 6) is 1.74. The highest BCUT2D eigenvalue weighted by Crippen LogP contribution is 2.67. The lowest BCUT2D eigenvalue weighted by atomic mass is 9.44. The first-order chi connectivity index (χ1) is 11.9. The van der Waals surface area contributed by atoms with E-state index in [4.69, 9.17) is 0 Å². The monoisotopic (exact) mass is 348 g/mol. The molecule has 140 valence electrons. The number of fused-ring (bicyclic) bond motifs is 5. The predicted molar refractivity (Wildman–Crippen MR) is 94.5 cm³/mol. The van der Waals surface area contributed by atoms with Crippen molar-refractivity contribution >= 4 is 5.78 Å². The highest BCUT2D eigenvalue weighted by atomic mass is 16.5. The third kappa shape index (κ3) is 2.33. The third-order valence-electron chi connectivity index (χ3n) is 8.69. The molecule has 0 heterocycles. The minimum atomic E-state index is -1.51. The Morgan fingerprint density at radius 1 is 1.16 bits per heavy atom. The number of Topliss-reactive ketones (excluding diaryl/α,β-unsaturated/α-hetero) is 1. The van der Waals surface area contributed by atoms with Crippen molar-refractivity contribution in [3.8, 4) is 0 Å². The molecule has 3 N–H and O–H groups in total. The van der Waals surface area contributed by atoms with Crippen molar-refractivity contribution in [1.29, 1.82) is 0 Å². The Hall–Kier alpha value is -0.710. The molecule has 4 aliphatic rings. The average molecular weight is 348 g/mol. The van der Waals surface area contributed by atoms with Crippen LogP contribution < -0.4 is 0 Å². The highest BCUT2D eigenvalue weighted by Gasteiger charge is 2.62. The fourth-order valence-corrected chi connectivity index (χ4v) is 7.54. The van der Waals surface area contributed by atoms with Gasteiger partial charge in [0, 0.05) is 5.57 Å². The summed E-state index contributed by atoms with van der Waals surface area (Å²) in [4.78, 5) is 12.3. The van der Waals surface area contributed by atoms with E-state index in [-0.39, 0.29) is 11.7 Å². The predicted octanol–water partition coefficient (Wildman–Crippen LogP) is 2.81. The fraction of sp³-hybridized carbons (Fsp3) is 0.857. The Kier molecular flexibility index (Phi) is 4.37. The van der Waals surface area contributed by atoms with Crippen molar-refractivity contribution in [3.63, 3.8) is 0 Å². The molecule has 0 aliphatic heterocycles. The van der Waals surface area contributed by atoms with Crippen LogP contribution in [0.15, 0.2) is 11.6 Å². The van der Waals surface area contributed by atoms with Crippen LogP contribution in [-0.4, -0.2) is 34.0 Å². The molecule has 0 saturated heterocycles. The topological polar surface area (TPSA) is 77.8 Å². The molecule has 0 radical (unpaired) electrons. The Bertz CT molecular complexity index is 582. The van der Waals surface area contributed by atoms with E-state index in [2.05, 4.69) is 6.92 Å². The quantitative estimate of drug-likeness (QED) is 0.686. The van der Waals surface area contributed by atoms with Gasteiger partial charge in [-0.2, -0.15) is 0 Å². The lowest BCUT2D eigenvalue weighted by Gasteiger charge is -2.60. The van der Waals surface area contributed by atoms with Gasteiger partial charge in [-0.15, -0.1) is 0 Å². The van der Waals surface area contributed by atoms with Crippen LogP contribution in [-0.2, 0) is 4.79 Å². The second-order valence-corrected chi connectivity index (χ2v) is 9.29. The largest absolute Gasteiger partial charge is 0.388 e. The fourth-order valence-electron chi connectivity index (χ4n) is 7.54. The summed E-state index contributed by atoms with van der Waals surface area (Å²) in [7, 11) is 0. The molecule has 0 aromatic heterocycles. The lowest BCUT2D eigenvalue weighted by Crippen LogP contribution is -2.56. The second-order valence-electron chi connectivity index (χ2n) is 9.29. The molecular weight excluding hydrogens is 316 g/mol. The molecule has 3 fully saturated rings. The number of carbonyl (C=O) groups is 1. The van der Waals surface area contributed by atoms with Crippen LogP contribution in [0.2, 0.25) is 0 Å². The summed E-state index contributed by atoms with van der Waals surface area (Å²) in [6.07, 6.45) is 10.5. The molecule has 3 saturated carbocycles. The molecular formula is C21H32O4. The number of hydrogen-bond acceptors (Lipinski definition) is 4. The van der Waals surface area contributed by atoms with Crippen LogP contribution in [0.1, 0.15) is 64.7 Å². The summed E-state index contributed by atoms with van der Waals surface area (Å²) >= 11 is 0. The Morgan fingerprint density at radius 2 is 1.96 bits per heavy atom. The van der Waals surface area contributed by atoms with Crippen LogP contribution in [0, 0.1) is 34.5 Å². The van der Waals surface area contributed by atoms with Crippen LogP contribution >= 0.6 is 0 Å². The Labute approximate surface area is 150 Å². The molecule has 4 rings (SSSR count). The Balaban J connectivity index is 1.68. The SMILES string of the molecule is C[C@]12CCCCC1CC[C@@H]1[C@@H]2CC[C@]2(C(O)O)C(C(=O)CO)=CC[C@@H]12. The van der Waals surface area contributed by atoms with Crippen LogP contribution in [0.5, 0.6) is 0 Å².